The molecule has 21 heavy (non-hydrogen) atoms. The van der Waals surface area contributed by atoms with Gasteiger partial charge in [-0.05, 0) is 31.2 Å². The normalized spacial score (nSPS) is 9.71. The highest BCUT2D eigenvalue weighted by Crippen LogP contribution is 2.29. The Morgan fingerprint density at radius 2 is 2.00 bits per heavy atom. The molecule has 104 valence electrons. The van der Waals surface area contributed by atoms with E-state index in [1.165, 1.54) is 25.1 Å². The van der Waals surface area contributed by atoms with E-state index in [-0.39, 0.29) is 17.0 Å². The van der Waals surface area contributed by atoms with E-state index in [2.05, 4.69) is 0 Å². The number of rotatable bonds is 4. The first kappa shape index (κ1) is 14.2. The van der Waals surface area contributed by atoms with Gasteiger partial charge in [-0.25, -0.2) is 0 Å². The van der Waals surface area contributed by atoms with Crippen molar-refractivity contribution in [1.82, 2.24) is 0 Å². The van der Waals surface area contributed by atoms with E-state index in [9.17, 15) is 14.9 Å². The third-order valence-electron chi connectivity index (χ3n) is 2.78. The lowest BCUT2D eigenvalue weighted by Crippen LogP contribution is -2.00. The van der Waals surface area contributed by atoms with Crippen molar-refractivity contribution in [2.75, 3.05) is 0 Å². The molecular formula is C15H10N2O4. The Morgan fingerprint density at radius 1 is 1.29 bits per heavy atom. The fourth-order valence-electron chi connectivity index (χ4n) is 1.79. The number of benzene rings is 2. The molecule has 6 nitrogen and oxygen atoms in total. The minimum absolute atomic E-state index is 0.0352. The number of nitriles is 1. The molecule has 0 radical (unpaired) electrons. The van der Waals surface area contributed by atoms with Crippen LogP contribution < -0.4 is 4.74 Å². The van der Waals surface area contributed by atoms with Crippen molar-refractivity contribution in [3.8, 4) is 17.6 Å². The van der Waals surface area contributed by atoms with E-state index < -0.39 is 10.7 Å². The summed E-state index contributed by atoms with van der Waals surface area (Å²) in [6, 6.07) is 12.5. The van der Waals surface area contributed by atoms with Crippen LogP contribution >= 0.6 is 0 Å². The van der Waals surface area contributed by atoms with E-state index in [0.29, 0.717) is 11.3 Å². The lowest BCUT2D eigenvalue weighted by Gasteiger charge is -2.08. The second-order valence-electron chi connectivity index (χ2n) is 4.20. The maximum atomic E-state index is 11.5. The standard InChI is InChI=1S/C15H10N2O4/c1-10(18)13-8-12(6-7-14(13)17(19)20)21-15-5-3-2-4-11(15)9-16/h2-8H,1H3. The van der Waals surface area contributed by atoms with Gasteiger partial charge in [0, 0.05) is 6.07 Å². The lowest BCUT2D eigenvalue weighted by molar-refractivity contribution is -0.385. The number of nitro benzene ring substituents is 1. The Labute approximate surface area is 120 Å². The van der Waals surface area contributed by atoms with E-state index in [4.69, 9.17) is 10.00 Å². The topological polar surface area (TPSA) is 93.2 Å². The number of Topliss-reactive ketones (excluding diaryl/α,β-unsaturated/α-hetero) is 1. The van der Waals surface area contributed by atoms with Gasteiger partial charge in [0.1, 0.15) is 17.6 Å². The summed E-state index contributed by atoms with van der Waals surface area (Å²) in [4.78, 5) is 21.7. The minimum atomic E-state index is -0.621. The Kier molecular flexibility index (Phi) is 3.95. The van der Waals surface area contributed by atoms with Crippen LogP contribution in [0.15, 0.2) is 42.5 Å². The molecule has 6 heteroatoms. The zero-order chi connectivity index (χ0) is 15.4. The van der Waals surface area contributed by atoms with E-state index in [1.807, 2.05) is 6.07 Å². The molecule has 2 rings (SSSR count). The number of nitro groups is 1. The van der Waals surface area contributed by atoms with Crippen molar-refractivity contribution < 1.29 is 14.5 Å². The first-order valence-corrected chi connectivity index (χ1v) is 5.99. The van der Waals surface area contributed by atoms with Crippen molar-refractivity contribution in [3.05, 3.63) is 63.7 Å². The van der Waals surface area contributed by atoms with Crippen molar-refractivity contribution in [2.24, 2.45) is 0 Å². The second kappa shape index (κ2) is 5.84. The first-order chi connectivity index (χ1) is 10.0. The molecule has 0 atom stereocenters. The molecule has 0 saturated carbocycles. The number of ether oxygens (including phenoxy) is 1. The highest BCUT2D eigenvalue weighted by molar-refractivity contribution is 5.98. The van der Waals surface area contributed by atoms with Crippen LogP contribution in [0.3, 0.4) is 0 Å². The van der Waals surface area contributed by atoms with Crippen LogP contribution in [0, 0.1) is 21.4 Å². The molecule has 0 aromatic heterocycles. The molecular weight excluding hydrogens is 272 g/mol. The maximum absolute atomic E-state index is 11.5. The summed E-state index contributed by atoms with van der Waals surface area (Å²) in [7, 11) is 0. The Hall–Kier alpha value is -3.20. The van der Waals surface area contributed by atoms with Gasteiger partial charge in [0.15, 0.2) is 5.78 Å². The van der Waals surface area contributed by atoms with Gasteiger partial charge in [-0.3, -0.25) is 14.9 Å². The van der Waals surface area contributed by atoms with Gasteiger partial charge in [0.05, 0.1) is 16.1 Å². The number of hydrogen-bond donors (Lipinski definition) is 0. The molecule has 0 fully saturated rings. The highest BCUT2D eigenvalue weighted by atomic mass is 16.6. The number of nitrogens with zero attached hydrogens (tertiary/aromatic N) is 2. The summed E-state index contributed by atoms with van der Waals surface area (Å²) in [6.07, 6.45) is 0. The number of carbonyl (C=O) groups is 1. The van der Waals surface area contributed by atoms with Gasteiger partial charge in [-0.2, -0.15) is 5.26 Å². The number of hydrogen-bond acceptors (Lipinski definition) is 5. The van der Waals surface area contributed by atoms with Crippen LogP contribution in [0.2, 0.25) is 0 Å². The third-order valence-corrected chi connectivity index (χ3v) is 2.78. The predicted molar refractivity (Wildman–Crippen MR) is 74.3 cm³/mol. The van der Waals surface area contributed by atoms with Gasteiger partial charge >= 0.3 is 0 Å². The fourth-order valence-corrected chi connectivity index (χ4v) is 1.79. The maximum Gasteiger partial charge on any atom is 0.280 e. The molecule has 0 bridgehead atoms. The molecule has 0 aliphatic heterocycles. The van der Waals surface area contributed by atoms with Crippen LogP contribution in [0.25, 0.3) is 0 Å². The predicted octanol–water partition coefficient (Wildman–Crippen LogP) is 3.46. The Morgan fingerprint density at radius 3 is 2.62 bits per heavy atom. The molecule has 0 unspecified atom stereocenters. The molecule has 0 heterocycles. The summed E-state index contributed by atoms with van der Waals surface area (Å²) >= 11 is 0. The second-order valence-corrected chi connectivity index (χ2v) is 4.20. The smallest absolute Gasteiger partial charge is 0.280 e. The molecule has 0 N–H and O–H groups in total. The summed E-state index contributed by atoms with van der Waals surface area (Å²) in [6.45, 7) is 1.25. The summed E-state index contributed by atoms with van der Waals surface area (Å²) < 4.78 is 5.53. The molecule has 0 aliphatic carbocycles. The van der Waals surface area contributed by atoms with Gasteiger partial charge in [-0.15, -0.1) is 0 Å². The summed E-state index contributed by atoms with van der Waals surface area (Å²) in [5.74, 6) is 0.151. The zero-order valence-corrected chi connectivity index (χ0v) is 11.1. The van der Waals surface area contributed by atoms with E-state index >= 15 is 0 Å². The molecule has 0 spiro atoms. The van der Waals surface area contributed by atoms with Crippen molar-refractivity contribution in [1.29, 1.82) is 5.26 Å². The van der Waals surface area contributed by atoms with Gasteiger partial charge in [-0.1, -0.05) is 12.1 Å². The molecule has 0 saturated heterocycles. The Bertz CT molecular complexity index is 763. The summed E-state index contributed by atoms with van der Waals surface area (Å²) in [5.41, 5.74) is 0.0237. The molecule has 0 amide bonds. The van der Waals surface area contributed by atoms with Crippen molar-refractivity contribution in [2.45, 2.75) is 6.92 Å². The average molecular weight is 282 g/mol. The largest absolute Gasteiger partial charge is 0.456 e. The SMILES string of the molecule is CC(=O)c1cc(Oc2ccccc2C#N)ccc1[N+](=O)[O-]. The van der Waals surface area contributed by atoms with Crippen LogP contribution in [-0.2, 0) is 0 Å². The van der Waals surface area contributed by atoms with Crippen molar-refractivity contribution >= 4 is 11.5 Å². The van der Waals surface area contributed by atoms with E-state index in [1.54, 1.807) is 24.3 Å². The van der Waals surface area contributed by atoms with Crippen LogP contribution in [0.4, 0.5) is 5.69 Å². The Balaban J connectivity index is 2.42. The van der Waals surface area contributed by atoms with Crippen LogP contribution in [0.1, 0.15) is 22.8 Å². The summed E-state index contributed by atoms with van der Waals surface area (Å²) in [5, 5.41) is 19.8. The number of ketones is 1. The monoisotopic (exact) mass is 282 g/mol. The zero-order valence-electron chi connectivity index (χ0n) is 11.1. The number of carbonyl (C=O) groups excluding carboxylic acids is 1. The molecule has 2 aromatic carbocycles. The van der Waals surface area contributed by atoms with Gasteiger partial charge in [0.2, 0.25) is 0 Å². The van der Waals surface area contributed by atoms with Gasteiger partial charge in [0.25, 0.3) is 5.69 Å². The quantitative estimate of drug-likeness (QED) is 0.486. The van der Waals surface area contributed by atoms with Gasteiger partial charge < -0.3 is 4.74 Å². The number of para-hydroxylation sites is 1. The van der Waals surface area contributed by atoms with E-state index in [0.717, 1.165) is 0 Å². The van der Waals surface area contributed by atoms with Crippen LogP contribution in [0.5, 0.6) is 11.5 Å². The molecule has 0 aliphatic rings. The minimum Gasteiger partial charge on any atom is -0.456 e. The third kappa shape index (κ3) is 3.04. The molecule has 2 aromatic rings. The first-order valence-electron chi connectivity index (χ1n) is 5.99. The lowest BCUT2D eigenvalue weighted by atomic mass is 10.1. The van der Waals surface area contributed by atoms with Crippen molar-refractivity contribution in [3.63, 3.8) is 0 Å². The highest BCUT2D eigenvalue weighted by Gasteiger charge is 2.18. The fraction of sp³-hybridized carbons (Fsp3) is 0.0667. The van der Waals surface area contributed by atoms with Crippen LogP contribution in [-0.4, -0.2) is 10.7 Å². The average Bonchev–Trinajstić information content (AvgIpc) is 2.47.